The van der Waals surface area contributed by atoms with Crippen LogP contribution in [0.15, 0.2) is 101 Å². The van der Waals surface area contributed by atoms with Gasteiger partial charge in [0.25, 0.3) is 5.91 Å². The zero-order valence-electron chi connectivity index (χ0n) is 23.0. The number of hydrogen-bond donors (Lipinski definition) is 2. The van der Waals surface area contributed by atoms with Crippen LogP contribution < -0.4 is 5.32 Å². The normalized spacial score (nSPS) is 11.9. The van der Waals surface area contributed by atoms with E-state index in [0.717, 1.165) is 27.5 Å². The van der Waals surface area contributed by atoms with E-state index in [0.29, 0.717) is 34.8 Å². The Morgan fingerprint density at radius 3 is 2.50 bits per heavy atom. The van der Waals surface area contributed by atoms with Gasteiger partial charge in [-0.1, -0.05) is 48.5 Å². The molecule has 1 amide bonds. The number of benzene rings is 4. The first kappa shape index (κ1) is 29.1. The van der Waals surface area contributed by atoms with Crippen molar-refractivity contribution in [1.82, 2.24) is 5.32 Å². The highest BCUT2D eigenvalue weighted by atomic mass is 32.2. The highest BCUT2D eigenvalue weighted by molar-refractivity contribution is 7.98. The minimum absolute atomic E-state index is 0.225. The van der Waals surface area contributed by atoms with Gasteiger partial charge in [0, 0.05) is 11.1 Å². The highest BCUT2D eigenvalue weighted by Crippen LogP contribution is 2.32. The predicted octanol–water partition coefficient (Wildman–Crippen LogP) is 7.56. The first-order valence-corrected chi connectivity index (χ1v) is 14.9. The number of rotatable bonds is 12. The summed E-state index contributed by atoms with van der Waals surface area (Å²) in [6, 6.07) is 28.0. The average Bonchev–Trinajstić information content (AvgIpc) is 3.48. The van der Waals surface area contributed by atoms with Gasteiger partial charge < -0.3 is 19.6 Å². The van der Waals surface area contributed by atoms with E-state index in [1.54, 1.807) is 18.2 Å². The minimum atomic E-state index is -1.06. The largest absolute Gasteiger partial charge is 0.480 e. The summed E-state index contributed by atoms with van der Waals surface area (Å²) in [4.78, 5) is 25.3. The Morgan fingerprint density at radius 1 is 0.929 bits per heavy atom. The molecule has 0 spiro atoms. The summed E-state index contributed by atoms with van der Waals surface area (Å²) in [5.74, 6) is 0.0593. The van der Waals surface area contributed by atoms with Crippen molar-refractivity contribution in [3.63, 3.8) is 0 Å². The Morgan fingerprint density at radius 2 is 1.71 bits per heavy atom. The maximum atomic E-state index is 13.5. The van der Waals surface area contributed by atoms with Gasteiger partial charge in [-0.05, 0) is 94.4 Å². The second-order valence-electron chi connectivity index (χ2n) is 9.82. The zero-order chi connectivity index (χ0) is 29.5. The molecule has 0 fully saturated rings. The van der Waals surface area contributed by atoms with Crippen molar-refractivity contribution in [2.75, 3.05) is 12.0 Å². The van der Waals surface area contributed by atoms with Gasteiger partial charge >= 0.3 is 5.97 Å². The molecule has 5 rings (SSSR count). The lowest BCUT2D eigenvalue weighted by Crippen LogP contribution is -2.41. The SMILES string of the molecule is CSCCC(NC(=O)c1ccc(COCc2ccc(-c3ccc(F)cc3)o2)cc1-c1cccc2ccccc12)C(=O)O. The summed E-state index contributed by atoms with van der Waals surface area (Å²) in [5, 5.41) is 14.4. The van der Waals surface area contributed by atoms with Gasteiger partial charge in [0.1, 0.15) is 30.0 Å². The van der Waals surface area contributed by atoms with E-state index in [1.807, 2.05) is 73.0 Å². The van der Waals surface area contributed by atoms with Crippen LogP contribution in [0.1, 0.15) is 28.1 Å². The Kier molecular flexibility index (Phi) is 9.36. The number of ether oxygens (including phenoxy) is 1. The van der Waals surface area contributed by atoms with Gasteiger partial charge in [-0.25, -0.2) is 9.18 Å². The van der Waals surface area contributed by atoms with Crippen LogP contribution in [0.3, 0.4) is 0 Å². The molecule has 1 aromatic heterocycles. The van der Waals surface area contributed by atoms with Crippen LogP contribution in [0.5, 0.6) is 0 Å². The third-order valence-corrected chi connectivity index (χ3v) is 7.57. The highest BCUT2D eigenvalue weighted by Gasteiger charge is 2.23. The van der Waals surface area contributed by atoms with Crippen molar-refractivity contribution < 1.29 is 28.2 Å². The third-order valence-electron chi connectivity index (χ3n) is 6.93. The maximum absolute atomic E-state index is 13.5. The molecule has 5 aromatic rings. The molecule has 1 atom stereocenters. The van der Waals surface area contributed by atoms with Gasteiger partial charge in [-0.15, -0.1) is 0 Å². The van der Waals surface area contributed by atoms with E-state index in [4.69, 9.17) is 9.15 Å². The third kappa shape index (κ3) is 6.90. The number of amides is 1. The van der Waals surface area contributed by atoms with Crippen LogP contribution in [0.2, 0.25) is 0 Å². The van der Waals surface area contributed by atoms with Crippen molar-refractivity contribution in [1.29, 1.82) is 0 Å². The van der Waals surface area contributed by atoms with Crippen LogP contribution >= 0.6 is 11.8 Å². The number of carboxylic acid groups (broad SMARTS) is 1. The molecule has 0 bridgehead atoms. The average molecular weight is 584 g/mol. The van der Waals surface area contributed by atoms with Gasteiger partial charge in [0.05, 0.1) is 6.61 Å². The van der Waals surface area contributed by atoms with E-state index in [9.17, 15) is 19.1 Å². The summed E-state index contributed by atoms with van der Waals surface area (Å²) in [5.41, 5.74) is 3.56. The number of thioether (sulfide) groups is 1. The number of halogens is 1. The quantitative estimate of drug-likeness (QED) is 0.158. The number of aliphatic carboxylic acids is 1. The Hall–Kier alpha value is -4.40. The number of furan rings is 1. The molecule has 0 saturated heterocycles. The van der Waals surface area contributed by atoms with Crippen molar-refractivity contribution in [2.24, 2.45) is 0 Å². The van der Waals surface area contributed by atoms with E-state index in [-0.39, 0.29) is 19.0 Å². The lowest BCUT2D eigenvalue weighted by Gasteiger charge is -2.18. The van der Waals surface area contributed by atoms with Crippen LogP contribution in [0.4, 0.5) is 4.39 Å². The summed E-state index contributed by atoms with van der Waals surface area (Å²) in [6.07, 6.45) is 2.23. The number of carbonyl (C=O) groups is 2. The predicted molar refractivity (Wildman–Crippen MR) is 164 cm³/mol. The zero-order valence-corrected chi connectivity index (χ0v) is 23.8. The van der Waals surface area contributed by atoms with Gasteiger partial charge in [-0.3, -0.25) is 4.79 Å². The van der Waals surface area contributed by atoms with E-state index < -0.39 is 17.9 Å². The number of nitrogens with one attached hydrogen (secondary N) is 1. The van der Waals surface area contributed by atoms with Crippen molar-refractivity contribution in [3.05, 3.63) is 120 Å². The second kappa shape index (κ2) is 13.5. The van der Waals surface area contributed by atoms with Crippen LogP contribution in [0, 0.1) is 5.82 Å². The number of fused-ring (bicyclic) bond motifs is 1. The number of hydrogen-bond acceptors (Lipinski definition) is 5. The fourth-order valence-corrected chi connectivity index (χ4v) is 5.26. The van der Waals surface area contributed by atoms with Crippen molar-refractivity contribution in [2.45, 2.75) is 25.7 Å². The Balaban J connectivity index is 1.39. The summed E-state index contributed by atoms with van der Waals surface area (Å²) in [6.45, 7) is 0.487. The van der Waals surface area contributed by atoms with Crippen molar-refractivity contribution in [3.8, 4) is 22.5 Å². The van der Waals surface area contributed by atoms with Crippen LogP contribution in [-0.4, -0.2) is 35.0 Å². The number of carbonyl (C=O) groups excluding carboxylic acids is 1. The topological polar surface area (TPSA) is 88.8 Å². The molecule has 0 aliphatic carbocycles. The molecule has 0 radical (unpaired) electrons. The molecule has 2 N–H and O–H groups in total. The molecule has 1 heterocycles. The monoisotopic (exact) mass is 583 g/mol. The first-order valence-electron chi connectivity index (χ1n) is 13.5. The lowest BCUT2D eigenvalue weighted by molar-refractivity contribution is -0.139. The van der Waals surface area contributed by atoms with E-state index in [2.05, 4.69) is 5.32 Å². The van der Waals surface area contributed by atoms with E-state index in [1.165, 1.54) is 23.9 Å². The van der Waals surface area contributed by atoms with Crippen LogP contribution in [-0.2, 0) is 22.7 Å². The fourth-order valence-electron chi connectivity index (χ4n) is 4.79. The standard InChI is InChI=1S/C34H30FNO5S/c1-42-18-17-31(34(38)39)36-33(37)29-15-9-22(19-30(29)28-8-4-6-23-5-2-3-7-27(23)28)20-40-21-26-14-16-32(41-26)24-10-12-25(35)13-11-24/h2-16,19,31H,17-18,20-21H2,1H3,(H,36,37)(H,38,39). The summed E-state index contributed by atoms with van der Waals surface area (Å²) < 4.78 is 25.1. The maximum Gasteiger partial charge on any atom is 0.326 e. The lowest BCUT2D eigenvalue weighted by atomic mass is 9.92. The second-order valence-corrected chi connectivity index (χ2v) is 10.8. The molecular weight excluding hydrogens is 553 g/mol. The molecule has 1 unspecified atom stereocenters. The van der Waals surface area contributed by atoms with Gasteiger partial charge in [0.15, 0.2) is 0 Å². The molecule has 6 nitrogen and oxygen atoms in total. The van der Waals surface area contributed by atoms with Gasteiger partial charge in [0.2, 0.25) is 0 Å². The summed E-state index contributed by atoms with van der Waals surface area (Å²) >= 11 is 1.53. The van der Waals surface area contributed by atoms with Crippen molar-refractivity contribution >= 4 is 34.4 Å². The van der Waals surface area contributed by atoms with Crippen LogP contribution in [0.25, 0.3) is 33.2 Å². The molecule has 0 aliphatic heterocycles. The molecule has 4 aromatic carbocycles. The van der Waals surface area contributed by atoms with Gasteiger partial charge in [-0.2, -0.15) is 11.8 Å². The Bertz CT molecular complexity index is 1690. The molecule has 214 valence electrons. The fraction of sp³-hybridized carbons (Fsp3) is 0.176. The Labute approximate surface area is 247 Å². The minimum Gasteiger partial charge on any atom is -0.480 e. The molecular formula is C34H30FNO5S. The number of carboxylic acids is 1. The van der Waals surface area contributed by atoms with E-state index >= 15 is 0 Å². The molecule has 0 saturated carbocycles. The smallest absolute Gasteiger partial charge is 0.326 e. The summed E-state index contributed by atoms with van der Waals surface area (Å²) in [7, 11) is 0. The first-order chi connectivity index (χ1) is 20.4. The molecule has 0 aliphatic rings. The molecule has 8 heteroatoms. The molecule has 42 heavy (non-hydrogen) atoms.